The third-order valence-electron chi connectivity index (χ3n) is 4.34. The van der Waals surface area contributed by atoms with E-state index < -0.39 is 0 Å². The van der Waals surface area contributed by atoms with E-state index in [1.807, 2.05) is 18.5 Å². The van der Waals surface area contributed by atoms with Gasteiger partial charge in [-0.15, -0.1) is 0 Å². The molecule has 0 amide bonds. The zero-order valence-corrected chi connectivity index (χ0v) is 11.9. The van der Waals surface area contributed by atoms with Crippen molar-refractivity contribution < 1.29 is 0 Å². The minimum absolute atomic E-state index is 0.579. The SMILES string of the molecule is c1cnc2c(CN3CC[C@H](c4ccn[nH]4)C3)cccc2c1. The molecule has 0 unspecified atom stereocenters. The highest BCUT2D eigenvalue weighted by molar-refractivity contribution is 5.81. The Kier molecular flexibility index (Phi) is 3.16. The summed E-state index contributed by atoms with van der Waals surface area (Å²) in [6.45, 7) is 3.19. The van der Waals surface area contributed by atoms with Crippen LogP contribution in [-0.2, 0) is 6.54 Å². The third kappa shape index (κ3) is 2.43. The van der Waals surface area contributed by atoms with Gasteiger partial charge in [0.05, 0.1) is 5.52 Å². The van der Waals surface area contributed by atoms with Gasteiger partial charge >= 0.3 is 0 Å². The number of likely N-dealkylation sites (tertiary alicyclic amines) is 1. The highest BCUT2D eigenvalue weighted by atomic mass is 15.2. The first-order valence-corrected chi connectivity index (χ1v) is 7.44. The largest absolute Gasteiger partial charge is 0.298 e. The van der Waals surface area contributed by atoms with Crippen LogP contribution in [0.4, 0.5) is 0 Å². The van der Waals surface area contributed by atoms with E-state index in [0.29, 0.717) is 5.92 Å². The van der Waals surface area contributed by atoms with Crippen molar-refractivity contribution in [3.05, 3.63) is 60.0 Å². The summed E-state index contributed by atoms with van der Waals surface area (Å²) in [5.74, 6) is 0.579. The highest BCUT2D eigenvalue weighted by Gasteiger charge is 2.25. The van der Waals surface area contributed by atoms with E-state index in [1.165, 1.54) is 23.1 Å². The molecule has 1 aliphatic rings. The van der Waals surface area contributed by atoms with Gasteiger partial charge in [-0.1, -0.05) is 24.3 Å². The molecule has 1 saturated heterocycles. The molecule has 0 spiro atoms. The van der Waals surface area contributed by atoms with E-state index in [4.69, 9.17) is 0 Å². The molecule has 0 aliphatic carbocycles. The van der Waals surface area contributed by atoms with Crippen molar-refractivity contribution in [1.82, 2.24) is 20.1 Å². The Morgan fingerprint density at radius 1 is 1.14 bits per heavy atom. The number of nitrogens with one attached hydrogen (secondary N) is 1. The molecule has 4 rings (SSSR count). The van der Waals surface area contributed by atoms with Gasteiger partial charge in [-0.3, -0.25) is 15.0 Å². The van der Waals surface area contributed by atoms with Crippen LogP contribution >= 0.6 is 0 Å². The molecule has 1 atom stereocenters. The monoisotopic (exact) mass is 278 g/mol. The van der Waals surface area contributed by atoms with E-state index in [2.05, 4.69) is 50.4 Å². The number of aromatic nitrogens is 3. The van der Waals surface area contributed by atoms with Gasteiger partial charge in [-0.25, -0.2) is 0 Å². The van der Waals surface area contributed by atoms with Crippen LogP contribution in [0.25, 0.3) is 10.9 Å². The maximum Gasteiger partial charge on any atom is 0.0746 e. The van der Waals surface area contributed by atoms with Crippen LogP contribution in [0.5, 0.6) is 0 Å². The average Bonchev–Trinajstić information content (AvgIpc) is 3.18. The lowest BCUT2D eigenvalue weighted by Crippen LogP contribution is -2.20. The maximum atomic E-state index is 4.55. The van der Waals surface area contributed by atoms with Crippen LogP contribution in [-0.4, -0.2) is 33.2 Å². The number of pyridine rings is 1. The number of benzene rings is 1. The Hall–Kier alpha value is -2.20. The number of aromatic amines is 1. The molecule has 4 nitrogen and oxygen atoms in total. The summed E-state index contributed by atoms with van der Waals surface area (Å²) >= 11 is 0. The van der Waals surface area contributed by atoms with Gasteiger partial charge in [0.25, 0.3) is 0 Å². The molecule has 1 aromatic carbocycles. The molecule has 1 fully saturated rings. The van der Waals surface area contributed by atoms with Crippen LogP contribution in [0.2, 0.25) is 0 Å². The lowest BCUT2D eigenvalue weighted by Gasteiger charge is -2.16. The summed E-state index contributed by atoms with van der Waals surface area (Å²) in [5, 5.41) is 8.39. The van der Waals surface area contributed by atoms with E-state index in [0.717, 1.165) is 25.2 Å². The molecule has 3 aromatic rings. The van der Waals surface area contributed by atoms with Crippen LogP contribution < -0.4 is 0 Å². The summed E-state index contributed by atoms with van der Waals surface area (Å²) in [4.78, 5) is 7.06. The van der Waals surface area contributed by atoms with Gasteiger partial charge in [0, 0.05) is 42.5 Å². The predicted molar refractivity (Wildman–Crippen MR) is 83.0 cm³/mol. The van der Waals surface area contributed by atoms with Crippen LogP contribution in [0.3, 0.4) is 0 Å². The van der Waals surface area contributed by atoms with Gasteiger partial charge in [0.15, 0.2) is 0 Å². The van der Waals surface area contributed by atoms with Crippen LogP contribution in [0, 0.1) is 0 Å². The van der Waals surface area contributed by atoms with Crippen molar-refractivity contribution in [2.24, 2.45) is 0 Å². The van der Waals surface area contributed by atoms with Gasteiger partial charge in [0.2, 0.25) is 0 Å². The molecule has 3 heterocycles. The lowest BCUT2D eigenvalue weighted by atomic mass is 10.1. The molecule has 0 bridgehead atoms. The number of nitrogens with zero attached hydrogens (tertiary/aromatic N) is 3. The number of hydrogen-bond donors (Lipinski definition) is 1. The number of fused-ring (bicyclic) bond motifs is 1. The Bertz CT molecular complexity index is 730. The molecule has 0 saturated carbocycles. The summed E-state index contributed by atoms with van der Waals surface area (Å²) in [5.41, 5.74) is 3.71. The van der Waals surface area contributed by atoms with E-state index >= 15 is 0 Å². The summed E-state index contributed by atoms with van der Waals surface area (Å²) in [6.07, 6.45) is 4.91. The second kappa shape index (κ2) is 5.30. The van der Waals surface area contributed by atoms with E-state index in [9.17, 15) is 0 Å². The third-order valence-corrected chi connectivity index (χ3v) is 4.34. The zero-order valence-electron chi connectivity index (χ0n) is 11.9. The normalized spacial score (nSPS) is 19.3. The summed E-state index contributed by atoms with van der Waals surface area (Å²) in [6, 6.07) is 12.7. The second-order valence-corrected chi connectivity index (χ2v) is 5.72. The first kappa shape index (κ1) is 12.5. The van der Waals surface area contributed by atoms with Crippen molar-refractivity contribution in [1.29, 1.82) is 0 Å². The van der Waals surface area contributed by atoms with Crippen molar-refractivity contribution in [2.75, 3.05) is 13.1 Å². The molecule has 1 aliphatic heterocycles. The van der Waals surface area contributed by atoms with E-state index in [1.54, 1.807) is 0 Å². The summed E-state index contributed by atoms with van der Waals surface area (Å²) < 4.78 is 0. The number of hydrogen-bond acceptors (Lipinski definition) is 3. The van der Waals surface area contributed by atoms with Crippen LogP contribution in [0.15, 0.2) is 48.8 Å². The molecule has 2 aromatic heterocycles. The number of para-hydroxylation sites is 1. The average molecular weight is 278 g/mol. The lowest BCUT2D eigenvalue weighted by molar-refractivity contribution is 0.327. The van der Waals surface area contributed by atoms with Gasteiger partial charge in [-0.05, 0) is 30.7 Å². The van der Waals surface area contributed by atoms with Gasteiger partial charge < -0.3 is 0 Å². The van der Waals surface area contributed by atoms with E-state index in [-0.39, 0.29) is 0 Å². The zero-order chi connectivity index (χ0) is 14.1. The predicted octanol–water partition coefficient (Wildman–Crippen LogP) is 2.95. The Morgan fingerprint density at radius 2 is 2.10 bits per heavy atom. The quantitative estimate of drug-likeness (QED) is 0.801. The van der Waals surface area contributed by atoms with Gasteiger partial charge in [0.1, 0.15) is 0 Å². The van der Waals surface area contributed by atoms with Gasteiger partial charge in [-0.2, -0.15) is 5.10 Å². The Labute approximate surface area is 123 Å². The molecule has 0 radical (unpaired) electrons. The Balaban J connectivity index is 1.54. The van der Waals surface area contributed by atoms with Crippen molar-refractivity contribution in [3.63, 3.8) is 0 Å². The standard InChI is InChI=1S/C17H18N4/c1-3-13-5-2-8-18-17(13)15(4-1)12-21-10-7-14(11-21)16-6-9-19-20-16/h1-6,8-9,14H,7,10-12H2,(H,19,20)/t14-/m0/s1. The molecule has 1 N–H and O–H groups in total. The molecular weight excluding hydrogens is 260 g/mol. The number of rotatable bonds is 3. The van der Waals surface area contributed by atoms with Crippen molar-refractivity contribution in [2.45, 2.75) is 18.9 Å². The highest BCUT2D eigenvalue weighted by Crippen LogP contribution is 2.27. The van der Waals surface area contributed by atoms with Crippen molar-refractivity contribution >= 4 is 10.9 Å². The smallest absolute Gasteiger partial charge is 0.0746 e. The summed E-state index contributed by atoms with van der Waals surface area (Å²) in [7, 11) is 0. The molecule has 106 valence electrons. The first-order chi connectivity index (χ1) is 10.4. The van der Waals surface area contributed by atoms with Crippen molar-refractivity contribution in [3.8, 4) is 0 Å². The topological polar surface area (TPSA) is 44.8 Å². The second-order valence-electron chi connectivity index (χ2n) is 5.72. The minimum Gasteiger partial charge on any atom is -0.298 e. The fourth-order valence-corrected chi connectivity index (χ4v) is 3.26. The molecule has 21 heavy (non-hydrogen) atoms. The maximum absolute atomic E-state index is 4.55. The Morgan fingerprint density at radius 3 is 3.00 bits per heavy atom. The number of H-pyrrole nitrogens is 1. The molecular formula is C17H18N4. The fourth-order valence-electron chi connectivity index (χ4n) is 3.26. The molecule has 4 heteroatoms. The first-order valence-electron chi connectivity index (χ1n) is 7.44. The minimum atomic E-state index is 0.579. The van der Waals surface area contributed by atoms with Crippen LogP contribution in [0.1, 0.15) is 23.6 Å². The fraction of sp³-hybridized carbons (Fsp3) is 0.294.